The Hall–Kier alpha value is -2.86. The first-order chi connectivity index (χ1) is 15.0. The largest absolute Gasteiger partial charge is 0.481 e. The van der Waals surface area contributed by atoms with Crippen LogP contribution in [-0.2, 0) is 9.53 Å². The van der Waals surface area contributed by atoms with E-state index in [4.69, 9.17) is 9.84 Å². The summed E-state index contributed by atoms with van der Waals surface area (Å²) in [5, 5.41) is 9.08. The van der Waals surface area contributed by atoms with Crippen molar-refractivity contribution in [1.29, 1.82) is 0 Å². The van der Waals surface area contributed by atoms with Crippen molar-refractivity contribution in [2.45, 2.75) is 44.2 Å². The van der Waals surface area contributed by atoms with Crippen molar-refractivity contribution < 1.29 is 19.4 Å². The van der Waals surface area contributed by atoms with E-state index in [0.29, 0.717) is 13.2 Å². The standard InChI is InChI=1S/C25H30N2O4/c1-17(14-24(28)29)27-13-7-8-18(15-27)26(2)25(30)31-16-23-21-11-5-3-9-19(21)20-10-4-6-12-22(20)23/h3-6,9-12,17-18,23H,7-8,13-16H2,1-2H3,(H,28,29). The summed E-state index contributed by atoms with van der Waals surface area (Å²) >= 11 is 0. The Kier molecular flexibility index (Phi) is 6.28. The molecular weight excluding hydrogens is 392 g/mol. The van der Waals surface area contributed by atoms with Gasteiger partial charge in [-0.1, -0.05) is 48.5 Å². The monoisotopic (exact) mass is 422 g/mol. The molecule has 2 atom stereocenters. The number of carbonyl (C=O) groups excluding carboxylic acids is 1. The van der Waals surface area contributed by atoms with Gasteiger partial charge in [0.2, 0.25) is 0 Å². The van der Waals surface area contributed by atoms with E-state index in [1.165, 1.54) is 22.3 Å². The molecule has 2 aromatic rings. The van der Waals surface area contributed by atoms with Crippen LogP contribution in [0.25, 0.3) is 11.1 Å². The summed E-state index contributed by atoms with van der Waals surface area (Å²) in [7, 11) is 1.79. The van der Waals surface area contributed by atoms with Gasteiger partial charge in [-0.2, -0.15) is 0 Å². The van der Waals surface area contributed by atoms with Gasteiger partial charge < -0.3 is 14.7 Å². The van der Waals surface area contributed by atoms with Gasteiger partial charge in [-0.3, -0.25) is 9.69 Å². The van der Waals surface area contributed by atoms with E-state index >= 15 is 0 Å². The van der Waals surface area contributed by atoms with E-state index in [9.17, 15) is 9.59 Å². The number of benzene rings is 2. The van der Waals surface area contributed by atoms with E-state index in [-0.39, 0.29) is 30.5 Å². The highest BCUT2D eigenvalue weighted by Gasteiger charge is 2.32. The Morgan fingerprint density at radius 2 is 1.74 bits per heavy atom. The molecule has 164 valence electrons. The number of carboxylic acid groups (broad SMARTS) is 1. The molecule has 0 radical (unpaired) electrons. The Morgan fingerprint density at radius 3 is 2.35 bits per heavy atom. The fraction of sp³-hybridized carbons (Fsp3) is 0.440. The Labute approximate surface area is 183 Å². The predicted octanol–water partition coefficient (Wildman–Crippen LogP) is 4.19. The van der Waals surface area contributed by atoms with Crippen molar-refractivity contribution in [3.63, 3.8) is 0 Å². The molecule has 2 aliphatic rings. The van der Waals surface area contributed by atoms with Gasteiger partial charge in [-0.25, -0.2) is 4.79 Å². The molecule has 0 spiro atoms. The number of nitrogens with zero attached hydrogens (tertiary/aromatic N) is 2. The maximum atomic E-state index is 12.9. The Balaban J connectivity index is 1.39. The molecule has 0 bridgehead atoms. The second-order valence-electron chi connectivity index (χ2n) is 8.65. The lowest BCUT2D eigenvalue weighted by atomic mass is 9.98. The first kappa shape index (κ1) is 21.4. The fourth-order valence-corrected chi connectivity index (χ4v) is 4.93. The summed E-state index contributed by atoms with van der Waals surface area (Å²) in [6.45, 7) is 3.78. The van der Waals surface area contributed by atoms with Crippen LogP contribution >= 0.6 is 0 Å². The Bertz CT molecular complexity index is 915. The summed E-state index contributed by atoms with van der Waals surface area (Å²) < 4.78 is 5.79. The van der Waals surface area contributed by atoms with Crippen LogP contribution in [0.5, 0.6) is 0 Å². The van der Waals surface area contributed by atoms with Crippen LogP contribution in [0, 0.1) is 0 Å². The van der Waals surface area contributed by atoms with Crippen molar-refractivity contribution in [3.8, 4) is 11.1 Å². The van der Waals surface area contributed by atoms with Gasteiger partial charge in [-0.05, 0) is 48.6 Å². The molecule has 2 unspecified atom stereocenters. The number of fused-ring (bicyclic) bond motifs is 3. The van der Waals surface area contributed by atoms with E-state index < -0.39 is 5.97 Å². The molecule has 4 rings (SSSR count). The molecule has 1 fully saturated rings. The van der Waals surface area contributed by atoms with E-state index in [1.54, 1.807) is 11.9 Å². The summed E-state index contributed by atoms with van der Waals surface area (Å²) in [6.07, 6.45) is 1.63. The second-order valence-corrected chi connectivity index (χ2v) is 8.65. The number of amides is 1. The molecule has 31 heavy (non-hydrogen) atoms. The second kappa shape index (κ2) is 9.10. The van der Waals surface area contributed by atoms with Gasteiger partial charge >= 0.3 is 12.1 Å². The molecule has 0 aromatic heterocycles. The maximum Gasteiger partial charge on any atom is 0.409 e. The molecule has 2 aromatic carbocycles. The molecule has 1 saturated heterocycles. The van der Waals surface area contributed by atoms with Crippen LogP contribution in [-0.4, -0.2) is 65.8 Å². The highest BCUT2D eigenvalue weighted by atomic mass is 16.6. The number of aliphatic carboxylic acids is 1. The molecule has 1 aliphatic heterocycles. The van der Waals surface area contributed by atoms with Crippen molar-refractivity contribution >= 4 is 12.1 Å². The molecule has 1 aliphatic carbocycles. The van der Waals surface area contributed by atoms with E-state index in [0.717, 1.165) is 19.4 Å². The molecule has 6 heteroatoms. The number of carboxylic acids is 1. The number of piperidine rings is 1. The molecular formula is C25H30N2O4. The molecule has 1 amide bonds. The highest BCUT2D eigenvalue weighted by Crippen LogP contribution is 2.44. The number of hydrogen-bond acceptors (Lipinski definition) is 4. The minimum atomic E-state index is -0.792. The van der Waals surface area contributed by atoms with Crippen LogP contribution in [0.2, 0.25) is 0 Å². The van der Waals surface area contributed by atoms with Crippen molar-refractivity contribution in [1.82, 2.24) is 9.80 Å². The molecule has 1 heterocycles. The van der Waals surface area contributed by atoms with Gasteiger partial charge in [0.25, 0.3) is 0 Å². The fourth-order valence-electron chi connectivity index (χ4n) is 4.93. The Morgan fingerprint density at radius 1 is 1.13 bits per heavy atom. The average Bonchev–Trinajstić information content (AvgIpc) is 3.10. The number of likely N-dealkylation sites (N-methyl/N-ethyl adjacent to an activating group) is 1. The number of hydrogen-bond donors (Lipinski definition) is 1. The summed E-state index contributed by atoms with van der Waals surface area (Å²) in [5.74, 6) is -0.747. The molecule has 1 N–H and O–H groups in total. The van der Waals surface area contributed by atoms with Crippen molar-refractivity contribution in [2.75, 3.05) is 26.7 Å². The normalized spacial score (nSPS) is 19.4. The third kappa shape index (κ3) is 4.44. The van der Waals surface area contributed by atoms with Crippen molar-refractivity contribution in [3.05, 3.63) is 59.7 Å². The number of carbonyl (C=O) groups is 2. The maximum absolute atomic E-state index is 12.9. The van der Waals surface area contributed by atoms with Crippen LogP contribution in [0.3, 0.4) is 0 Å². The van der Waals surface area contributed by atoms with Gasteiger partial charge in [0.15, 0.2) is 0 Å². The van der Waals surface area contributed by atoms with Gasteiger partial charge in [0.1, 0.15) is 6.61 Å². The minimum Gasteiger partial charge on any atom is -0.481 e. The number of ether oxygens (including phenoxy) is 1. The van der Waals surface area contributed by atoms with Gasteiger partial charge in [0.05, 0.1) is 6.42 Å². The summed E-state index contributed by atoms with van der Waals surface area (Å²) in [4.78, 5) is 27.8. The first-order valence-electron chi connectivity index (χ1n) is 11.0. The van der Waals surface area contributed by atoms with E-state index in [1.807, 2.05) is 31.2 Å². The first-order valence-corrected chi connectivity index (χ1v) is 11.0. The number of rotatable bonds is 6. The molecule has 0 saturated carbocycles. The zero-order chi connectivity index (χ0) is 22.0. The van der Waals surface area contributed by atoms with E-state index in [2.05, 4.69) is 29.2 Å². The zero-order valence-corrected chi connectivity index (χ0v) is 18.2. The van der Waals surface area contributed by atoms with Crippen LogP contribution in [0.4, 0.5) is 4.79 Å². The van der Waals surface area contributed by atoms with Crippen molar-refractivity contribution in [2.24, 2.45) is 0 Å². The van der Waals surface area contributed by atoms with Gasteiger partial charge in [0, 0.05) is 31.6 Å². The number of likely N-dealkylation sites (tertiary alicyclic amines) is 1. The zero-order valence-electron chi connectivity index (χ0n) is 18.2. The molecule has 6 nitrogen and oxygen atoms in total. The topological polar surface area (TPSA) is 70.1 Å². The third-order valence-electron chi connectivity index (χ3n) is 6.69. The summed E-state index contributed by atoms with van der Waals surface area (Å²) in [5.41, 5.74) is 4.82. The summed E-state index contributed by atoms with van der Waals surface area (Å²) in [6, 6.07) is 16.6. The predicted molar refractivity (Wildman–Crippen MR) is 119 cm³/mol. The van der Waals surface area contributed by atoms with Crippen LogP contribution in [0.15, 0.2) is 48.5 Å². The minimum absolute atomic E-state index is 0.0284. The van der Waals surface area contributed by atoms with Gasteiger partial charge in [-0.15, -0.1) is 0 Å². The lowest BCUT2D eigenvalue weighted by Crippen LogP contribution is -2.51. The lowest BCUT2D eigenvalue weighted by molar-refractivity contribution is -0.138. The SMILES string of the molecule is CC(CC(=O)O)N1CCCC(N(C)C(=O)OCC2c3ccccc3-c3ccccc32)C1. The average molecular weight is 423 g/mol. The smallest absolute Gasteiger partial charge is 0.409 e. The lowest BCUT2D eigenvalue weighted by Gasteiger charge is -2.39. The van der Waals surface area contributed by atoms with Crippen LogP contribution in [0.1, 0.15) is 43.2 Å². The van der Waals surface area contributed by atoms with Crippen LogP contribution < -0.4 is 0 Å². The highest BCUT2D eigenvalue weighted by molar-refractivity contribution is 5.79. The quantitative estimate of drug-likeness (QED) is 0.756. The third-order valence-corrected chi connectivity index (χ3v) is 6.69.